The number of hydrogen-bond acceptors (Lipinski definition) is 2. The molecule has 2 nitrogen and oxygen atoms in total. The second kappa shape index (κ2) is 4.69. The highest BCUT2D eigenvalue weighted by Gasteiger charge is 2.09. The Hall–Kier alpha value is -0.0800. The average Bonchev–Trinajstić information content (AvgIpc) is 1.87. The van der Waals surface area contributed by atoms with Crippen molar-refractivity contribution in [3.8, 4) is 0 Å². The van der Waals surface area contributed by atoms with Gasteiger partial charge >= 0.3 is 0 Å². The van der Waals surface area contributed by atoms with Crippen LogP contribution in [0, 0.1) is 0 Å². The van der Waals surface area contributed by atoms with Gasteiger partial charge < -0.3 is 10.0 Å². The summed E-state index contributed by atoms with van der Waals surface area (Å²) in [6.45, 7) is 4.13. The van der Waals surface area contributed by atoms with E-state index in [0.717, 1.165) is 12.8 Å². The molecular weight excluding hydrogens is 126 g/mol. The fraction of sp³-hybridized carbons (Fsp3) is 1.00. The minimum Gasteiger partial charge on any atom is -0.393 e. The third-order valence-electron chi connectivity index (χ3n) is 1.97. The summed E-state index contributed by atoms with van der Waals surface area (Å²) in [7, 11) is 4.07. The zero-order valence-corrected chi connectivity index (χ0v) is 7.46. The van der Waals surface area contributed by atoms with E-state index in [1.165, 1.54) is 0 Å². The summed E-state index contributed by atoms with van der Waals surface area (Å²) in [6.07, 6.45) is 1.61. The van der Waals surface area contributed by atoms with E-state index in [0.29, 0.717) is 6.04 Å². The highest BCUT2D eigenvalue weighted by Crippen LogP contribution is 2.04. The van der Waals surface area contributed by atoms with E-state index in [4.69, 9.17) is 0 Å². The predicted octanol–water partition coefficient (Wildman–Crippen LogP) is 1.10. The molecule has 0 fully saturated rings. The molecule has 2 heteroatoms. The van der Waals surface area contributed by atoms with Crippen molar-refractivity contribution in [2.75, 3.05) is 14.1 Å². The fourth-order valence-electron chi connectivity index (χ4n) is 0.771. The first-order chi connectivity index (χ1) is 4.57. The lowest BCUT2D eigenvalue weighted by atomic mass is 10.1. The molecule has 2 unspecified atom stereocenters. The van der Waals surface area contributed by atoms with Crippen molar-refractivity contribution in [3.63, 3.8) is 0 Å². The van der Waals surface area contributed by atoms with Crippen LogP contribution in [0.4, 0.5) is 0 Å². The van der Waals surface area contributed by atoms with Crippen LogP contribution in [0.25, 0.3) is 0 Å². The molecule has 0 aromatic rings. The van der Waals surface area contributed by atoms with E-state index >= 15 is 0 Å². The molecule has 0 saturated heterocycles. The van der Waals surface area contributed by atoms with Crippen LogP contribution in [-0.4, -0.2) is 36.2 Å². The fourth-order valence-corrected chi connectivity index (χ4v) is 0.771. The molecule has 0 rings (SSSR count). The summed E-state index contributed by atoms with van der Waals surface area (Å²) in [4.78, 5) is 2.12. The maximum absolute atomic E-state index is 9.25. The Morgan fingerprint density at radius 3 is 2.20 bits per heavy atom. The Kier molecular flexibility index (Phi) is 4.65. The van der Waals surface area contributed by atoms with Crippen molar-refractivity contribution in [2.45, 2.75) is 38.8 Å². The van der Waals surface area contributed by atoms with Crippen LogP contribution in [0.3, 0.4) is 0 Å². The van der Waals surface area contributed by atoms with Crippen molar-refractivity contribution < 1.29 is 5.11 Å². The van der Waals surface area contributed by atoms with Gasteiger partial charge in [-0.3, -0.25) is 0 Å². The summed E-state index contributed by atoms with van der Waals surface area (Å²) < 4.78 is 0. The topological polar surface area (TPSA) is 23.5 Å². The van der Waals surface area contributed by atoms with Gasteiger partial charge in [-0.25, -0.2) is 0 Å². The van der Waals surface area contributed by atoms with E-state index in [1.54, 1.807) is 0 Å². The second-order valence-electron chi connectivity index (χ2n) is 3.11. The Balaban J connectivity index is 3.46. The highest BCUT2D eigenvalue weighted by molar-refractivity contribution is 4.64. The maximum atomic E-state index is 9.25. The standard InChI is InChI=1S/C8H19NO/c1-5-8(10)6-7(2)9(3)4/h7-8,10H,5-6H2,1-4H3. The molecule has 0 aromatic carbocycles. The number of hydrogen-bond donors (Lipinski definition) is 1. The van der Waals surface area contributed by atoms with Gasteiger partial charge in [-0.05, 0) is 33.9 Å². The van der Waals surface area contributed by atoms with Gasteiger partial charge in [0.15, 0.2) is 0 Å². The monoisotopic (exact) mass is 145 g/mol. The Morgan fingerprint density at radius 2 is 1.90 bits per heavy atom. The van der Waals surface area contributed by atoms with Crippen molar-refractivity contribution in [1.29, 1.82) is 0 Å². The molecule has 0 saturated carbocycles. The number of rotatable bonds is 4. The first-order valence-corrected chi connectivity index (χ1v) is 3.92. The third-order valence-corrected chi connectivity index (χ3v) is 1.97. The van der Waals surface area contributed by atoms with Gasteiger partial charge in [-0.1, -0.05) is 6.92 Å². The summed E-state index contributed by atoms with van der Waals surface area (Å²) in [5, 5.41) is 9.25. The molecule has 0 spiro atoms. The lowest BCUT2D eigenvalue weighted by molar-refractivity contribution is 0.125. The van der Waals surface area contributed by atoms with Gasteiger partial charge in [-0.2, -0.15) is 0 Å². The molecule has 0 aliphatic carbocycles. The van der Waals surface area contributed by atoms with Crippen molar-refractivity contribution >= 4 is 0 Å². The van der Waals surface area contributed by atoms with E-state index in [-0.39, 0.29) is 6.10 Å². The van der Waals surface area contributed by atoms with Gasteiger partial charge in [0.2, 0.25) is 0 Å². The van der Waals surface area contributed by atoms with E-state index < -0.39 is 0 Å². The van der Waals surface area contributed by atoms with Crippen molar-refractivity contribution in [2.24, 2.45) is 0 Å². The van der Waals surface area contributed by atoms with Crippen LogP contribution < -0.4 is 0 Å². The van der Waals surface area contributed by atoms with Crippen LogP contribution in [-0.2, 0) is 0 Å². The summed E-state index contributed by atoms with van der Waals surface area (Å²) in [5.74, 6) is 0. The molecule has 0 heterocycles. The normalized spacial score (nSPS) is 17.4. The van der Waals surface area contributed by atoms with E-state index in [9.17, 15) is 5.11 Å². The molecule has 0 bridgehead atoms. The van der Waals surface area contributed by atoms with E-state index in [2.05, 4.69) is 11.8 Å². The largest absolute Gasteiger partial charge is 0.393 e. The Morgan fingerprint density at radius 1 is 1.40 bits per heavy atom. The van der Waals surface area contributed by atoms with Crippen LogP contribution in [0.5, 0.6) is 0 Å². The smallest absolute Gasteiger partial charge is 0.0552 e. The molecule has 62 valence electrons. The minimum absolute atomic E-state index is 0.127. The van der Waals surface area contributed by atoms with Gasteiger partial charge in [0.05, 0.1) is 6.10 Å². The first kappa shape index (κ1) is 9.92. The van der Waals surface area contributed by atoms with Crippen LogP contribution in [0.1, 0.15) is 26.7 Å². The quantitative estimate of drug-likeness (QED) is 0.640. The van der Waals surface area contributed by atoms with Gasteiger partial charge in [-0.15, -0.1) is 0 Å². The molecule has 0 aromatic heterocycles. The molecule has 1 N–H and O–H groups in total. The average molecular weight is 145 g/mol. The lowest BCUT2D eigenvalue weighted by Gasteiger charge is -2.21. The second-order valence-corrected chi connectivity index (χ2v) is 3.11. The lowest BCUT2D eigenvalue weighted by Crippen LogP contribution is -2.28. The molecule has 0 aliphatic rings. The molecule has 0 radical (unpaired) electrons. The molecule has 0 amide bonds. The Labute approximate surface area is 63.8 Å². The molecule has 10 heavy (non-hydrogen) atoms. The zero-order valence-electron chi connectivity index (χ0n) is 7.46. The SMILES string of the molecule is CCC(O)CC(C)N(C)C. The summed E-state index contributed by atoms with van der Waals surface area (Å²) in [5.41, 5.74) is 0. The van der Waals surface area contributed by atoms with Gasteiger partial charge in [0.25, 0.3) is 0 Å². The van der Waals surface area contributed by atoms with Gasteiger partial charge in [0.1, 0.15) is 0 Å². The Bertz CT molecular complexity index is 83.3. The number of aliphatic hydroxyl groups is 1. The van der Waals surface area contributed by atoms with Crippen LogP contribution in [0.2, 0.25) is 0 Å². The minimum atomic E-state index is -0.127. The summed E-state index contributed by atoms with van der Waals surface area (Å²) >= 11 is 0. The summed E-state index contributed by atoms with van der Waals surface area (Å²) in [6, 6.07) is 0.481. The zero-order chi connectivity index (χ0) is 8.15. The van der Waals surface area contributed by atoms with Crippen molar-refractivity contribution in [3.05, 3.63) is 0 Å². The van der Waals surface area contributed by atoms with Crippen LogP contribution in [0.15, 0.2) is 0 Å². The van der Waals surface area contributed by atoms with E-state index in [1.807, 2.05) is 21.0 Å². The maximum Gasteiger partial charge on any atom is 0.0552 e. The van der Waals surface area contributed by atoms with Crippen LogP contribution >= 0.6 is 0 Å². The van der Waals surface area contributed by atoms with Gasteiger partial charge in [0, 0.05) is 6.04 Å². The van der Waals surface area contributed by atoms with Crippen molar-refractivity contribution in [1.82, 2.24) is 4.90 Å². The number of nitrogens with zero attached hydrogens (tertiary/aromatic N) is 1. The highest BCUT2D eigenvalue weighted by atomic mass is 16.3. The third kappa shape index (κ3) is 3.85. The number of aliphatic hydroxyl groups excluding tert-OH is 1. The molecular formula is C8H19NO. The molecule has 0 aliphatic heterocycles. The molecule has 2 atom stereocenters. The predicted molar refractivity (Wildman–Crippen MR) is 44.1 cm³/mol. The first-order valence-electron chi connectivity index (χ1n) is 3.92.